The molecule has 0 amide bonds. The van der Waals surface area contributed by atoms with Gasteiger partial charge in [-0.2, -0.15) is 0 Å². The Balaban J connectivity index is 1.65. The summed E-state index contributed by atoms with van der Waals surface area (Å²) in [5.41, 5.74) is 1.16. The summed E-state index contributed by atoms with van der Waals surface area (Å²) in [5.74, 6) is 3.34. The van der Waals surface area contributed by atoms with Gasteiger partial charge in [0.1, 0.15) is 11.4 Å². The average Bonchev–Trinajstić information content (AvgIpc) is 2.60. The number of ether oxygens (including phenoxy) is 1. The van der Waals surface area contributed by atoms with Crippen LogP contribution in [0.3, 0.4) is 0 Å². The van der Waals surface area contributed by atoms with Gasteiger partial charge in [-0.3, -0.25) is 0 Å². The summed E-state index contributed by atoms with van der Waals surface area (Å²) >= 11 is 0. The third-order valence-electron chi connectivity index (χ3n) is 6.59. The zero-order valence-electron chi connectivity index (χ0n) is 13.8. The van der Waals surface area contributed by atoms with E-state index >= 15 is 0 Å². The van der Waals surface area contributed by atoms with Crippen molar-refractivity contribution in [3.05, 3.63) is 48.0 Å². The van der Waals surface area contributed by atoms with E-state index in [2.05, 4.69) is 55.5 Å². The van der Waals surface area contributed by atoms with Crippen LogP contribution in [0.5, 0.6) is 5.75 Å². The van der Waals surface area contributed by atoms with E-state index in [1.54, 1.807) is 0 Å². The molecule has 2 bridgehead atoms. The smallest absolute Gasteiger partial charge is 0.135 e. The summed E-state index contributed by atoms with van der Waals surface area (Å²) in [6.07, 6.45) is 11.5. The molecule has 1 aliphatic heterocycles. The molecular weight excluding hydrogens is 280 g/mol. The standard InChI is InChI=1S/C22H24O/c1-15-13-16-5-4-7-19(14-16)22(15)12-11-18-10-9-17-6-2-3-8-20(17)21(18)23-22/h2-3,6,8-12,15-16,19H,4-5,7,13-14H2,1H3. The van der Waals surface area contributed by atoms with E-state index in [4.69, 9.17) is 4.74 Å². The van der Waals surface area contributed by atoms with Gasteiger partial charge in [0.05, 0.1) is 0 Å². The van der Waals surface area contributed by atoms with Gasteiger partial charge in [0.2, 0.25) is 0 Å². The van der Waals surface area contributed by atoms with E-state index < -0.39 is 0 Å². The van der Waals surface area contributed by atoms with E-state index in [1.807, 2.05) is 0 Å². The van der Waals surface area contributed by atoms with E-state index in [9.17, 15) is 0 Å². The summed E-state index contributed by atoms with van der Waals surface area (Å²) in [5, 5.41) is 2.54. The number of hydrogen-bond acceptors (Lipinski definition) is 1. The van der Waals surface area contributed by atoms with Gasteiger partial charge < -0.3 is 4.74 Å². The molecule has 2 fully saturated rings. The van der Waals surface area contributed by atoms with Gasteiger partial charge in [-0.1, -0.05) is 62.2 Å². The number of rotatable bonds is 0. The van der Waals surface area contributed by atoms with E-state index in [1.165, 1.54) is 48.4 Å². The first kappa shape index (κ1) is 13.7. The lowest BCUT2D eigenvalue weighted by Crippen LogP contribution is -2.54. The van der Waals surface area contributed by atoms with Crippen molar-refractivity contribution in [2.75, 3.05) is 0 Å². The molecule has 2 saturated carbocycles. The quantitative estimate of drug-likeness (QED) is 0.595. The molecule has 1 heteroatoms. The summed E-state index contributed by atoms with van der Waals surface area (Å²) in [7, 11) is 0. The van der Waals surface area contributed by atoms with Gasteiger partial charge in [0, 0.05) is 22.8 Å². The minimum absolute atomic E-state index is 0.0754. The first-order valence-electron chi connectivity index (χ1n) is 9.16. The van der Waals surface area contributed by atoms with Crippen LogP contribution in [-0.4, -0.2) is 5.60 Å². The molecular formula is C22H24O. The van der Waals surface area contributed by atoms with Gasteiger partial charge in [-0.05, 0) is 36.6 Å². The molecule has 1 heterocycles. The zero-order chi connectivity index (χ0) is 15.4. The summed E-state index contributed by atoms with van der Waals surface area (Å²) in [6.45, 7) is 2.41. The van der Waals surface area contributed by atoms with Crippen LogP contribution in [0.4, 0.5) is 0 Å². The lowest BCUT2D eigenvalue weighted by Gasteiger charge is -2.52. The molecule has 0 radical (unpaired) electrons. The van der Waals surface area contributed by atoms with Gasteiger partial charge in [0.15, 0.2) is 0 Å². The molecule has 5 rings (SSSR count). The van der Waals surface area contributed by atoms with Crippen molar-refractivity contribution in [3.8, 4) is 5.75 Å². The van der Waals surface area contributed by atoms with Crippen molar-refractivity contribution >= 4 is 16.8 Å². The monoisotopic (exact) mass is 304 g/mol. The van der Waals surface area contributed by atoms with E-state index in [0.29, 0.717) is 11.8 Å². The maximum absolute atomic E-state index is 6.88. The Hall–Kier alpha value is -1.76. The normalized spacial score (nSPS) is 35.1. The molecule has 1 nitrogen and oxygen atoms in total. The van der Waals surface area contributed by atoms with Crippen molar-refractivity contribution in [1.82, 2.24) is 0 Å². The Morgan fingerprint density at radius 1 is 1.04 bits per heavy atom. The number of fused-ring (bicyclic) bond motifs is 6. The lowest BCUT2D eigenvalue weighted by molar-refractivity contribution is -0.0620. The Morgan fingerprint density at radius 2 is 1.96 bits per heavy atom. The number of benzene rings is 2. The molecule has 2 aromatic rings. The van der Waals surface area contributed by atoms with Crippen LogP contribution < -0.4 is 4.74 Å². The predicted molar refractivity (Wildman–Crippen MR) is 95.6 cm³/mol. The van der Waals surface area contributed by atoms with Crippen molar-refractivity contribution in [2.45, 2.75) is 44.6 Å². The Kier molecular flexibility index (Phi) is 2.89. The van der Waals surface area contributed by atoms with Crippen LogP contribution in [0.15, 0.2) is 42.5 Å². The first-order valence-corrected chi connectivity index (χ1v) is 9.16. The largest absolute Gasteiger partial charge is 0.481 e. The average molecular weight is 304 g/mol. The third-order valence-corrected chi connectivity index (χ3v) is 6.59. The Labute approximate surface area is 138 Å². The highest BCUT2D eigenvalue weighted by Gasteiger charge is 2.51. The fourth-order valence-corrected chi connectivity index (χ4v) is 5.42. The minimum atomic E-state index is -0.0754. The summed E-state index contributed by atoms with van der Waals surface area (Å²) < 4.78 is 6.88. The van der Waals surface area contributed by atoms with Crippen LogP contribution in [-0.2, 0) is 0 Å². The van der Waals surface area contributed by atoms with E-state index in [-0.39, 0.29) is 5.60 Å². The third kappa shape index (κ3) is 1.92. The summed E-state index contributed by atoms with van der Waals surface area (Å²) in [4.78, 5) is 0. The van der Waals surface area contributed by atoms with E-state index in [0.717, 1.165) is 11.7 Å². The van der Waals surface area contributed by atoms with Crippen LogP contribution in [0.2, 0.25) is 0 Å². The van der Waals surface area contributed by atoms with Crippen LogP contribution in [0.25, 0.3) is 16.8 Å². The fraction of sp³-hybridized carbons (Fsp3) is 0.455. The number of hydrogen-bond donors (Lipinski definition) is 0. The molecule has 2 aliphatic carbocycles. The van der Waals surface area contributed by atoms with Crippen molar-refractivity contribution in [2.24, 2.45) is 17.8 Å². The molecule has 0 saturated heterocycles. The molecule has 4 unspecified atom stereocenters. The van der Waals surface area contributed by atoms with Gasteiger partial charge >= 0.3 is 0 Å². The topological polar surface area (TPSA) is 9.23 Å². The fourth-order valence-electron chi connectivity index (χ4n) is 5.42. The highest BCUT2D eigenvalue weighted by molar-refractivity contribution is 5.92. The molecule has 2 aromatic carbocycles. The van der Waals surface area contributed by atoms with Crippen molar-refractivity contribution < 1.29 is 4.74 Å². The second kappa shape index (κ2) is 4.87. The van der Waals surface area contributed by atoms with Crippen LogP contribution in [0, 0.1) is 17.8 Å². The minimum Gasteiger partial charge on any atom is -0.481 e. The molecule has 118 valence electrons. The molecule has 1 spiro atoms. The molecule has 0 aromatic heterocycles. The Morgan fingerprint density at radius 3 is 2.91 bits per heavy atom. The second-order valence-corrected chi connectivity index (χ2v) is 7.86. The molecule has 4 atom stereocenters. The molecule has 23 heavy (non-hydrogen) atoms. The van der Waals surface area contributed by atoms with Crippen molar-refractivity contribution in [3.63, 3.8) is 0 Å². The maximum Gasteiger partial charge on any atom is 0.135 e. The highest BCUT2D eigenvalue weighted by Crippen LogP contribution is 2.53. The second-order valence-electron chi connectivity index (χ2n) is 7.86. The Bertz CT molecular complexity index is 788. The highest BCUT2D eigenvalue weighted by atomic mass is 16.5. The molecule has 0 N–H and O–H groups in total. The zero-order valence-corrected chi connectivity index (χ0v) is 13.8. The van der Waals surface area contributed by atoms with Crippen LogP contribution >= 0.6 is 0 Å². The van der Waals surface area contributed by atoms with Crippen molar-refractivity contribution in [1.29, 1.82) is 0 Å². The van der Waals surface area contributed by atoms with Gasteiger partial charge in [0.25, 0.3) is 0 Å². The van der Waals surface area contributed by atoms with Crippen LogP contribution in [0.1, 0.15) is 44.6 Å². The first-order chi connectivity index (χ1) is 11.3. The molecule has 3 aliphatic rings. The summed E-state index contributed by atoms with van der Waals surface area (Å²) in [6, 6.07) is 13.0. The van der Waals surface area contributed by atoms with Gasteiger partial charge in [-0.25, -0.2) is 0 Å². The maximum atomic E-state index is 6.88. The SMILES string of the molecule is CC1CC2CCCC(C2)C12C=Cc1ccc3ccccc3c1O2. The lowest BCUT2D eigenvalue weighted by atomic mass is 9.59. The van der Waals surface area contributed by atoms with Gasteiger partial charge in [-0.15, -0.1) is 0 Å². The predicted octanol–water partition coefficient (Wildman–Crippen LogP) is 5.83.